The van der Waals surface area contributed by atoms with Gasteiger partial charge in [-0.05, 0) is 24.1 Å². The van der Waals surface area contributed by atoms with E-state index in [1.165, 1.54) is 16.7 Å². The normalized spacial score (nSPS) is 14.9. The predicted molar refractivity (Wildman–Crippen MR) is 99.8 cm³/mol. The summed E-state index contributed by atoms with van der Waals surface area (Å²) in [7, 11) is 0. The number of para-hydroxylation sites is 1. The highest BCUT2D eigenvalue weighted by Crippen LogP contribution is 2.40. The number of nitrogens with zero attached hydrogens (tertiary/aromatic N) is 1. The zero-order valence-electron chi connectivity index (χ0n) is 13.9. The number of hydrogen-bond donors (Lipinski definition) is 0. The monoisotopic (exact) mass is 337 g/mol. The van der Waals surface area contributed by atoms with Gasteiger partial charge in [0.25, 0.3) is 11.8 Å². The lowest BCUT2D eigenvalue weighted by molar-refractivity contribution is -0.119. The molecular weight excluding hydrogens is 318 g/mol. The Morgan fingerprint density at radius 1 is 0.875 bits per heavy atom. The first-order valence-electron chi connectivity index (χ1n) is 7.91. The smallest absolute Gasteiger partial charge is 0.268 e. The maximum absolute atomic E-state index is 13.1. The standard InChI is InChI=1S/C20H19NO2S/c1-13(2)24-18-17(15-10-5-4-6-11-15)19(22)21(20(18)23)16-12-8-7-9-14(16)3/h4-13H,1-3H3. The number of thioether (sulfide) groups is 1. The number of benzene rings is 2. The van der Waals surface area contributed by atoms with Crippen molar-refractivity contribution in [1.29, 1.82) is 0 Å². The highest BCUT2D eigenvalue weighted by atomic mass is 32.2. The largest absolute Gasteiger partial charge is 0.272 e. The van der Waals surface area contributed by atoms with Crippen molar-refractivity contribution >= 4 is 34.8 Å². The molecule has 0 aromatic heterocycles. The summed E-state index contributed by atoms with van der Waals surface area (Å²) in [6.07, 6.45) is 0. The Labute approximate surface area is 146 Å². The van der Waals surface area contributed by atoms with Gasteiger partial charge in [-0.15, -0.1) is 11.8 Å². The van der Waals surface area contributed by atoms with Crippen molar-refractivity contribution < 1.29 is 9.59 Å². The zero-order valence-corrected chi connectivity index (χ0v) is 14.8. The zero-order chi connectivity index (χ0) is 17.3. The molecule has 0 saturated carbocycles. The van der Waals surface area contributed by atoms with Crippen LogP contribution in [0.3, 0.4) is 0 Å². The van der Waals surface area contributed by atoms with Crippen molar-refractivity contribution in [2.45, 2.75) is 26.0 Å². The fourth-order valence-corrected chi connectivity index (χ4v) is 3.73. The Balaban J connectivity index is 2.13. The first-order chi connectivity index (χ1) is 11.5. The van der Waals surface area contributed by atoms with E-state index < -0.39 is 0 Å². The summed E-state index contributed by atoms with van der Waals surface area (Å²) in [6.45, 7) is 5.95. The van der Waals surface area contributed by atoms with Gasteiger partial charge in [-0.1, -0.05) is 62.4 Å². The summed E-state index contributed by atoms with van der Waals surface area (Å²) in [5.74, 6) is -0.476. The molecule has 2 aromatic carbocycles. The van der Waals surface area contributed by atoms with Crippen LogP contribution in [-0.4, -0.2) is 17.1 Å². The molecule has 2 aromatic rings. The van der Waals surface area contributed by atoms with Crippen molar-refractivity contribution in [2.24, 2.45) is 0 Å². The van der Waals surface area contributed by atoms with E-state index in [-0.39, 0.29) is 17.1 Å². The lowest BCUT2D eigenvalue weighted by Gasteiger charge is -2.17. The van der Waals surface area contributed by atoms with Crippen LogP contribution in [0.25, 0.3) is 5.57 Å². The second kappa shape index (κ2) is 6.65. The van der Waals surface area contributed by atoms with Crippen LogP contribution in [0.5, 0.6) is 0 Å². The van der Waals surface area contributed by atoms with E-state index in [2.05, 4.69) is 0 Å². The molecule has 0 radical (unpaired) electrons. The van der Waals surface area contributed by atoms with Crippen LogP contribution < -0.4 is 4.90 Å². The average molecular weight is 337 g/mol. The molecular formula is C20H19NO2S. The number of carbonyl (C=O) groups excluding carboxylic acids is 2. The molecule has 3 rings (SSSR count). The molecule has 0 spiro atoms. The van der Waals surface area contributed by atoms with Crippen molar-refractivity contribution in [3.8, 4) is 0 Å². The average Bonchev–Trinajstić information content (AvgIpc) is 2.79. The molecule has 2 amide bonds. The van der Waals surface area contributed by atoms with Gasteiger partial charge in [-0.3, -0.25) is 9.59 Å². The minimum atomic E-state index is -0.247. The van der Waals surface area contributed by atoms with E-state index in [1.807, 2.05) is 75.4 Å². The SMILES string of the molecule is Cc1ccccc1N1C(=O)C(SC(C)C)=C(c2ccccc2)C1=O. The van der Waals surface area contributed by atoms with Crippen LogP contribution >= 0.6 is 11.8 Å². The van der Waals surface area contributed by atoms with Gasteiger partial charge in [-0.25, -0.2) is 4.90 Å². The summed E-state index contributed by atoms with van der Waals surface area (Å²) in [6, 6.07) is 16.9. The van der Waals surface area contributed by atoms with Gasteiger partial charge in [0.05, 0.1) is 16.2 Å². The van der Waals surface area contributed by atoms with E-state index in [0.29, 0.717) is 16.2 Å². The van der Waals surface area contributed by atoms with Crippen molar-refractivity contribution in [3.63, 3.8) is 0 Å². The van der Waals surface area contributed by atoms with Gasteiger partial charge in [-0.2, -0.15) is 0 Å². The number of amides is 2. The number of rotatable bonds is 4. The molecule has 1 heterocycles. The molecule has 0 saturated heterocycles. The lowest BCUT2D eigenvalue weighted by Crippen LogP contribution is -2.32. The summed E-state index contributed by atoms with van der Waals surface area (Å²) >= 11 is 1.45. The van der Waals surface area contributed by atoms with E-state index in [1.54, 1.807) is 0 Å². The van der Waals surface area contributed by atoms with Gasteiger partial charge in [0, 0.05) is 5.25 Å². The first kappa shape index (κ1) is 16.5. The van der Waals surface area contributed by atoms with Crippen molar-refractivity contribution in [2.75, 3.05) is 4.90 Å². The second-order valence-corrected chi connectivity index (χ2v) is 7.56. The molecule has 0 bridgehead atoms. The van der Waals surface area contributed by atoms with Gasteiger partial charge in [0.1, 0.15) is 0 Å². The van der Waals surface area contributed by atoms with Gasteiger partial charge >= 0.3 is 0 Å². The van der Waals surface area contributed by atoms with Gasteiger partial charge in [0.15, 0.2) is 0 Å². The Hall–Kier alpha value is -2.33. The molecule has 122 valence electrons. The van der Waals surface area contributed by atoms with Crippen LogP contribution in [0.15, 0.2) is 59.5 Å². The summed E-state index contributed by atoms with van der Waals surface area (Å²) < 4.78 is 0. The third-order valence-corrected chi connectivity index (χ3v) is 4.90. The molecule has 0 unspecified atom stereocenters. The highest BCUT2D eigenvalue weighted by molar-refractivity contribution is 8.04. The van der Waals surface area contributed by atoms with Crippen LogP contribution in [0.2, 0.25) is 0 Å². The van der Waals surface area contributed by atoms with Crippen LogP contribution in [-0.2, 0) is 9.59 Å². The van der Waals surface area contributed by atoms with Crippen LogP contribution in [0, 0.1) is 6.92 Å². The number of aryl methyl sites for hydroxylation is 1. The van der Waals surface area contributed by atoms with E-state index >= 15 is 0 Å². The molecule has 1 aliphatic rings. The summed E-state index contributed by atoms with van der Waals surface area (Å²) in [5.41, 5.74) is 2.85. The summed E-state index contributed by atoms with van der Waals surface area (Å²) in [4.78, 5) is 27.9. The van der Waals surface area contributed by atoms with Gasteiger partial charge in [0.2, 0.25) is 0 Å². The molecule has 24 heavy (non-hydrogen) atoms. The third-order valence-electron chi connectivity index (χ3n) is 3.81. The Bertz CT molecular complexity index is 825. The number of imide groups is 1. The maximum Gasteiger partial charge on any atom is 0.272 e. The topological polar surface area (TPSA) is 37.4 Å². The molecule has 3 nitrogen and oxygen atoms in total. The Morgan fingerprint density at radius 3 is 2.12 bits per heavy atom. The molecule has 0 fully saturated rings. The van der Waals surface area contributed by atoms with E-state index in [4.69, 9.17) is 0 Å². The number of anilines is 1. The first-order valence-corrected chi connectivity index (χ1v) is 8.79. The number of hydrogen-bond acceptors (Lipinski definition) is 3. The van der Waals surface area contributed by atoms with Crippen molar-refractivity contribution in [3.05, 3.63) is 70.6 Å². The molecule has 0 aliphatic carbocycles. The maximum atomic E-state index is 13.1. The van der Waals surface area contributed by atoms with Crippen molar-refractivity contribution in [1.82, 2.24) is 0 Å². The highest BCUT2D eigenvalue weighted by Gasteiger charge is 2.40. The summed E-state index contributed by atoms with van der Waals surface area (Å²) in [5, 5.41) is 0.215. The second-order valence-electron chi connectivity index (χ2n) is 5.97. The minimum absolute atomic E-state index is 0.215. The molecule has 0 N–H and O–H groups in total. The lowest BCUT2D eigenvalue weighted by atomic mass is 10.1. The van der Waals surface area contributed by atoms with Crippen LogP contribution in [0.1, 0.15) is 25.0 Å². The van der Waals surface area contributed by atoms with E-state index in [0.717, 1.165) is 11.1 Å². The fraction of sp³-hybridized carbons (Fsp3) is 0.200. The quantitative estimate of drug-likeness (QED) is 0.775. The third kappa shape index (κ3) is 2.89. The van der Waals surface area contributed by atoms with E-state index in [9.17, 15) is 9.59 Å². The van der Waals surface area contributed by atoms with Crippen LogP contribution in [0.4, 0.5) is 5.69 Å². The molecule has 0 atom stereocenters. The molecule has 1 aliphatic heterocycles. The fourth-order valence-electron chi connectivity index (χ4n) is 2.75. The minimum Gasteiger partial charge on any atom is -0.268 e. The van der Waals surface area contributed by atoms with Gasteiger partial charge < -0.3 is 0 Å². The Morgan fingerprint density at radius 2 is 1.50 bits per heavy atom. The Kier molecular flexibility index (Phi) is 4.58. The number of carbonyl (C=O) groups is 2. The predicted octanol–water partition coefficient (Wildman–Crippen LogP) is 4.42. The molecule has 4 heteroatoms.